The number of likely N-dealkylation sites (tertiary alicyclic amines) is 1. The van der Waals surface area contributed by atoms with Crippen LogP contribution in [-0.4, -0.2) is 40.0 Å². The number of benzene rings is 2. The first-order valence-electron chi connectivity index (χ1n) is 10.9. The van der Waals surface area contributed by atoms with Crippen LogP contribution in [0.15, 0.2) is 47.3 Å². The molecule has 2 aromatic carbocycles. The van der Waals surface area contributed by atoms with Crippen molar-refractivity contribution in [1.29, 1.82) is 0 Å². The second-order valence-electron chi connectivity index (χ2n) is 8.15. The molecular formula is C24H20Cl2N4O3S2. The zero-order chi connectivity index (χ0) is 24.4. The van der Waals surface area contributed by atoms with E-state index in [0.29, 0.717) is 34.5 Å². The number of halogens is 2. The summed E-state index contributed by atoms with van der Waals surface area (Å²) < 4.78 is 6.45. The van der Waals surface area contributed by atoms with Crippen LogP contribution >= 0.6 is 45.9 Å². The predicted molar refractivity (Wildman–Crippen MR) is 140 cm³/mol. The smallest absolute Gasteiger partial charge is 0.410 e. The molecule has 1 saturated heterocycles. The Morgan fingerprint density at radius 2 is 1.86 bits per heavy atom. The monoisotopic (exact) mass is 546 g/mol. The normalized spacial score (nSPS) is 14.3. The highest BCUT2D eigenvalue weighted by Crippen LogP contribution is 2.31. The Balaban J connectivity index is 1.13. The van der Waals surface area contributed by atoms with Gasteiger partial charge in [-0.2, -0.15) is 0 Å². The van der Waals surface area contributed by atoms with Crippen molar-refractivity contribution in [3.05, 3.63) is 73.6 Å². The molecular weight excluding hydrogens is 527 g/mol. The van der Waals surface area contributed by atoms with Gasteiger partial charge in [0.25, 0.3) is 5.91 Å². The second-order valence-corrected chi connectivity index (χ2v) is 10.8. The quantitative estimate of drug-likeness (QED) is 0.296. The summed E-state index contributed by atoms with van der Waals surface area (Å²) in [6.07, 6.45) is 1.15. The molecule has 2 aromatic heterocycles. The molecule has 1 N–H and O–H groups in total. The Hall–Kier alpha value is -2.72. The van der Waals surface area contributed by atoms with Crippen LogP contribution in [0.25, 0.3) is 10.2 Å². The lowest BCUT2D eigenvalue weighted by atomic mass is 9.98. The molecule has 0 bridgehead atoms. The van der Waals surface area contributed by atoms with E-state index in [9.17, 15) is 9.59 Å². The Bertz CT molecular complexity index is 1360. The molecule has 4 aromatic rings. The lowest BCUT2D eigenvalue weighted by Crippen LogP contribution is -2.38. The van der Waals surface area contributed by atoms with Crippen molar-refractivity contribution >= 4 is 73.8 Å². The number of hydrogen-bond donors (Lipinski definition) is 1. The van der Waals surface area contributed by atoms with Gasteiger partial charge in [-0.15, -0.1) is 22.7 Å². The summed E-state index contributed by atoms with van der Waals surface area (Å²) in [6, 6.07) is 10.7. The lowest BCUT2D eigenvalue weighted by Gasteiger charge is -2.30. The summed E-state index contributed by atoms with van der Waals surface area (Å²) in [5.74, 6) is -0.0376. The Labute approximate surface area is 219 Å². The fourth-order valence-electron chi connectivity index (χ4n) is 3.95. The second kappa shape index (κ2) is 10.5. The van der Waals surface area contributed by atoms with Crippen LogP contribution in [0.4, 0.5) is 10.5 Å². The molecule has 1 aliphatic rings. The van der Waals surface area contributed by atoms with Crippen molar-refractivity contribution < 1.29 is 14.3 Å². The van der Waals surface area contributed by atoms with E-state index < -0.39 is 0 Å². The van der Waals surface area contributed by atoms with Crippen LogP contribution in [0, 0.1) is 0 Å². The van der Waals surface area contributed by atoms with Crippen molar-refractivity contribution in [1.82, 2.24) is 14.9 Å². The van der Waals surface area contributed by atoms with Gasteiger partial charge < -0.3 is 15.0 Å². The van der Waals surface area contributed by atoms with Gasteiger partial charge in [-0.1, -0.05) is 23.2 Å². The zero-order valence-corrected chi connectivity index (χ0v) is 21.5. The number of nitrogens with zero attached hydrogens (tertiary/aromatic N) is 3. The summed E-state index contributed by atoms with van der Waals surface area (Å²) in [4.78, 5) is 35.7. The number of nitrogens with one attached hydrogen (secondary N) is 1. The van der Waals surface area contributed by atoms with Crippen LogP contribution in [0.2, 0.25) is 10.0 Å². The van der Waals surface area contributed by atoms with Crippen LogP contribution in [-0.2, 0) is 11.3 Å². The molecule has 0 atom stereocenters. The first kappa shape index (κ1) is 24.0. The SMILES string of the molecule is O=C(Nc1ccc2ncsc2c1)c1csc(C2CCN(C(=O)OCc3cc(Cl)cc(Cl)c3)CC2)n1. The molecule has 5 rings (SSSR count). The molecule has 0 saturated carbocycles. The number of fused-ring (bicyclic) bond motifs is 1. The maximum atomic E-state index is 12.7. The van der Waals surface area contributed by atoms with Crippen molar-refractivity contribution in [3.63, 3.8) is 0 Å². The highest BCUT2D eigenvalue weighted by molar-refractivity contribution is 7.16. The van der Waals surface area contributed by atoms with Gasteiger partial charge in [-0.3, -0.25) is 4.79 Å². The molecule has 1 aliphatic heterocycles. The summed E-state index contributed by atoms with van der Waals surface area (Å²) in [5, 5.41) is 6.61. The summed E-state index contributed by atoms with van der Waals surface area (Å²) in [6.45, 7) is 1.24. The van der Waals surface area contributed by atoms with Crippen molar-refractivity contribution in [2.45, 2.75) is 25.4 Å². The number of hydrogen-bond acceptors (Lipinski definition) is 7. The van der Waals surface area contributed by atoms with E-state index in [1.165, 1.54) is 22.7 Å². The van der Waals surface area contributed by atoms with Crippen molar-refractivity contribution in [3.8, 4) is 0 Å². The third-order valence-electron chi connectivity index (χ3n) is 5.73. The molecule has 0 unspecified atom stereocenters. The third kappa shape index (κ3) is 5.75. The van der Waals surface area contributed by atoms with Gasteiger partial charge in [0, 0.05) is 40.1 Å². The Kier molecular flexibility index (Phi) is 7.19. The molecule has 0 aliphatic carbocycles. The van der Waals surface area contributed by atoms with Gasteiger partial charge in [-0.25, -0.2) is 14.8 Å². The molecule has 1 fully saturated rings. The van der Waals surface area contributed by atoms with Crippen LogP contribution in [0.1, 0.15) is 39.8 Å². The summed E-state index contributed by atoms with van der Waals surface area (Å²) in [5.41, 5.74) is 4.55. The van der Waals surface area contributed by atoms with Gasteiger partial charge in [0.1, 0.15) is 12.3 Å². The van der Waals surface area contributed by atoms with Crippen LogP contribution < -0.4 is 5.32 Å². The van der Waals surface area contributed by atoms with E-state index in [4.69, 9.17) is 27.9 Å². The molecule has 11 heteroatoms. The number of aromatic nitrogens is 2. The average molecular weight is 547 g/mol. The first-order chi connectivity index (χ1) is 16.9. The predicted octanol–water partition coefficient (Wildman–Crippen LogP) is 6.83. The minimum absolute atomic E-state index is 0.111. The first-order valence-corrected chi connectivity index (χ1v) is 13.4. The van der Waals surface area contributed by atoms with E-state index in [-0.39, 0.29) is 24.5 Å². The van der Waals surface area contributed by atoms with E-state index >= 15 is 0 Å². The van der Waals surface area contributed by atoms with E-state index in [1.54, 1.807) is 34.0 Å². The number of carbonyl (C=O) groups is 2. The molecule has 0 radical (unpaired) electrons. The summed E-state index contributed by atoms with van der Waals surface area (Å²) in [7, 11) is 0. The number of amides is 2. The van der Waals surface area contributed by atoms with Crippen LogP contribution in [0.3, 0.4) is 0 Å². The fraction of sp³-hybridized carbons (Fsp3) is 0.250. The fourth-order valence-corrected chi connectivity index (χ4v) is 6.21. The number of ether oxygens (including phenoxy) is 1. The highest BCUT2D eigenvalue weighted by atomic mass is 35.5. The Morgan fingerprint density at radius 3 is 2.63 bits per heavy atom. The van der Waals surface area contributed by atoms with Gasteiger partial charge in [-0.05, 0) is 54.8 Å². The third-order valence-corrected chi connectivity index (χ3v) is 7.97. The zero-order valence-electron chi connectivity index (χ0n) is 18.4. The molecule has 180 valence electrons. The summed E-state index contributed by atoms with van der Waals surface area (Å²) >= 11 is 15.0. The number of thiazole rings is 2. The molecule has 7 nitrogen and oxygen atoms in total. The largest absolute Gasteiger partial charge is 0.445 e. The minimum Gasteiger partial charge on any atom is -0.445 e. The van der Waals surface area contributed by atoms with Gasteiger partial charge >= 0.3 is 6.09 Å². The molecule has 35 heavy (non-hydrogen) atoms. The molecule has 0 spiro atoms. The van der Waals surface area contributed by atoms with E-state index in [1.807, 2.05) is 18.2 Å². The number of carbonyl (C=O) groups excluding carboxylic acids is 2. The maximum Gasteiger partial charge on any atom is 0.410 e. The number of anilines is 1. The minimum atomic E-state index is -0.364. The van der Waals surface area contributed by atoms with E-state index in [2.05, 4.69) is 15.3 Å². The van der Waals surface area contributed by atoms with Gasteiger partial charge in [0.2, 0.25) is 0 Å². The lowest BCUT2D eigenvalue weighted by molar-refractivity contribution is 0.0870. The van der Waals surface area contributed by atoms with Gasteiger partial charge in [0.05, 0.1) is 20.7 Å². The topological polar surface area (TPSA) is 84.4 Å². The highest BCUT2D eigenvalue weighted by Gasteiger charge is 2.27. The molecule has 2 amide bonds. The van der Waals surface area contributed by atoms with Gasteiger partial charge in [0.15, 0.2) is 0 Å². The number of piperidine rings is 1. The molecule has 3 heterocycles. The number of rotatable bonds is 5. The standard InChI is InChI=1S/C24H20Cl2N4O3S2/c25-16-7-14(8-17(26)9-16)11-33-24(32)30-5-3-15(4-6-30)23-29-20(12-34-23)22(31)28-18-1-2-19-21(10-18)35-13-27-19/h1-2,7-10,12-13,15H,3-6,11H2,(H,28,31). The van der Waals surface area contributed by atoms with E-state index in [0.717, 1.165) is 33.6 Å². The van der Waals surface area contributed by atoms with Crippen molar-refractivity contribution in [2.24, 2.45) is 0 Å². The van der Waals surface area contributed by atoms with Crippen molar-refractivity contribution in [2.75, 3.05) is 18.4 Å². The maximum absolute atomic E-state index is 12.7. The average Bonchev–Trinajstić information content (AvgIpc) is 3.52. The Morgan fingerprint density at radius 1 is 1.09 bits per heavy atom. The van der Waals surface area contributed by atoms with Crippen LogP contribution in [0.5, 0.6) is 0 Å².